The quantitative estimate of drug-likeness (QED) is 0.341. The molecule has 0 bridgehead atoms. The number of Topliss-reactive ketones (excluding diaryl/α,β-unsaturated/α-hetero) is 2. The number of benzene rings is 3. The molecule has 1 heterocycles. The highest BCUT2D eigenvalue weighted by Gasteiger charge is 2.56. The van der Waals surface area contributed by atoms with Crippen molar-refractivity contribution in [1.82, 2.24) is 0 Å². The lowest BCUT2D eigenvalue weighted by atomic mass is 9.65. The molecule has 3 aromatic carbocycles. The third kappa shape index (κ3) is 4.57. The maximum Gasteiger partial charge on any atom is 0.338 e. The van der Waals surface area contributed by atoms with Gasteiger partial charge in [0, 0.05) is 23.0 Å². The summed E-state index contributed by atoms with van der Waals surface area (Å²) in [5.41, 5.74) is 0.519. The minimum atomic E-state index is -1.05. The van der Waals surface area contributed by atoms with Crippen molar-refractivity contribution in [2.75, 3.05) is 13.2 Å². The van der Waals surface area contributed by atoms with E-state index in [-0.39, 0.29) is 30.7 Å². The van der Waals surface area contributed by atoms with Gasteiger partial charge < -0.3 is 9.47 Å². The Hall–Kier alpha value is -3.57. The summed E-state index contributed by atoms with van der Waals surface area (Å²) in [6, 6.07) is 26.8. The molecule has 0 saturated carbocycles. The van der Waals surface area contributed by atoms with Crippen LogP contribution < -0.4 is 0 Å². The highest BCUT2D eigenvalue weighted by molar-refractivity contribution is 6.03. The van der Waals surface area contributed by atoms with Crippen LogP contribution >= 0.6 is 0 Å². The number of hydrogen-bond acceptors (Lipinski definition) is 5. The smallest absolute Gasteiger partial charge is 0.338 e. The Balaban J connectivity index is 1.61. The average Bonchev–Trinajstić information content (AvgIpc) is 3.24. The molecule has 0 unspecified atom stereocenters. The van der Waals surface area contributed by atoms with Crippen LogP contribution in [0.3, 0.4) is 0 Å². The molecule has 0 amide bonds. The monoisotopic (exact) mass is 456 g/mol. The zero-order chi connectivity index (χ0) is 24.1. The second-order valence-electron chi connectivity index (χ2n) is 8.89. The minimum absolute atomic E-state index is 0.0387. The van der Waals surface area contributed by atoms with E-state index in [1.54, 1.807) is 48.5 Å². The van der Waals surface area contributed by atoms with E-state index in [1.165, 1.54) is 0 Å². The molecular weight excluding hydrogens is 428 g/mol. The largest absolute Gasteiger partial charge is 0.459 e. The first-order valence-corrected chi connectivity index (χ1v) is 11.5. The highest BCUT2D eigenvalue weighted by Crippen LogP contribution is 2.47. The molecule has 1 saturated heterocycles. The number of carbonyl (C=O) groups is 3. The Morgan fingerprint density at radius 1 is 0.853 bits per heavy atom. The molecule has 0 radical (unpaired) electrons. The second-order valence-corrected chi connectivity index (χ2v) is 8.89. The van der Waals surface area contributed by atoms with Crippen LogP contribution in [0.2, 0.25) is 0 Å². The summed E-state index contributed by atoms with van der Waals surface area (Å²) in [5, 5.41) is 0. The van der Waals surface area contributed by atoms with Gasteiger partial charge in [-0.2, -0.15) is 0 Å². The lowest BCUT2D eigenvalue weighted by molar-refractivity contribution is -0.00901. The first-order valence-electron chi connectivity index (χ1n) is 11.5. The van der Waals surface area contributed by atoms with Crippen LogP contribution in [0, 0.1) is 17.3 Å². The summed E-state index contributed by atoms with van der Waals surface area (Å²) in [6.45, 7) is 3.82. The van der Waals surface area contributed by atoms with Gasteiger partial charge in [0.2, 0.25) is 0 Å². The Labute approximate surface area is 199 Å². The summed E-state index contributed by atoms with van der Waals surface area (Å²) in [6.07, 6.45) is -0.677. The van der Waals surface area contributed by atoms with Gasteiger partial charge in [-0.15, -0.1) is 0 Å². The van der Waals surface area contributed by atoms with Crippen molar-refractivity contribution in [2.24, 2.45) is 17.3 Å². The van der Waals surface area contributed by atoms with E-state index >= 15 is 0 Å². The van der Waals surface area contributed by atoms with Gasteiger partial charge in [-0.3, -0.25) is 9.59 Å². The van der Waals surface area contributed by atoms with Crippen LogP contribution in [0.25, 0.3) is 0 Å². The average molecular weight is 457 g/mol. The molecule has 0 N–H and O–H groups in total. The predicted molar refractivity (Wildman–Crippen MR) is 129 cm³/mol. The van der Waals surface area contributed by atoms with Gasteiger partial charge >= 0.3 is 5.97 Å². The van der Waals surface area contributed by atoms with Crippen molar-refractivity contribution >= 4 is 17.5 Å². The van der Waals surface area contributed by atoms with E-state index in [1.807, 2.05) is 56.3 Å². The van der Waals surface area contributed by atoms with Gasteiger partial charge in [-0.25, -0.2) is 4.79 Å². The van der Waals surface area contributed by atoms with Crippen LogP contribution in [0.4, 0.5) is 0 Å². The van der Waals surface area contributed by atoms with Crippen LogP contribution in [-0.4, -0.2) is 36.9 Å². The number of ether oxygens (including phenoxy) is 2. The molecule has 0 aliphatic carbocycles. The number of hydrogen-bond donors (Lipinski definition) is 0. The SMILES string of the molecule is C[C@@H](C(=O)c1ccccc1)[C@H]1CO[C@@H](COC(=O)c2ccccc2)[C@]1(C)C(=O)c1ccccc1. The predicted octanol–water partition coefficient (Wildman–Crippen LogP) is 5.27. The molecule has 0 aromatic heterocycles. The van der Waals surface area contributed by atoms with Crippen molar-refractivity contribution in [1.29, 1.82) is 0 Å². The van der Waals surface area contributed by atoms with Crippen molar-refractivity contribution in [3.63, 3.8) is 0 Å². The third-order valence-corrected chi connectivity index (χ3v) is 6.89. The van der Waals surface area contributed by atoms with Crippen LogP contribution in [0.5, 0.6) is 0 Å². The number of esters is 1. The molecule has 0 spiro atoms. The first-order chi connectivity index (χ1) is 16.4. The highest BCUT2D eigenvalue weighted by atomic mass is 16.6. The Morgan fingerprint density at radius 2 is 1.35 bits per heavy atom. The van der Waals surface area contributed by atoms with Gasteiger partial charge in [0.05, 0.1) is 17.6 Å². The molecule has 5 nitrogen and oxygen atoms in total. The lowest BCUT2D eigenvalue weighted by Crippen LogP contribution is -2.46. The molecule has 1 fully saturated rings. The topological polar surface area (TPSA) is 69.7 Å². The summed E-state index contributed by atoms with van der Waals surface area (Å²) < 4.78 is 11.6. The minimum Gasteiger partial charge on any atom is -0.459 e. The van der Waals surface area contributed by atoms with E-state index in [9.17, 15) is 14.4 Å². The van der Waals surface area contributed by atoms with Crippen LogP contribution in [-0.2, 0) is 9.47 Å². The first kappa shape index (κ1) is 23.6. The fourth-order valence-corrected chi connectivity index (χ4v) is 4.76. The standard InChI is InChI=1S/C29H28O5/c1-20(26(30)21-12-6-3-7-13-21)24-18-33-25(19-34-28(32)23-16-10-5-11-17-23)29(24,2)27(31)22-14-8-4-9-15-22/h3-17,20,24-25H,18-19H2,1-2H3/t20-,24-,25+,29-/m1/s1. The molecule has 3 aromatic rings. The van der Waals surface area contributed by atoms with Crippen molar-refractivity contribution in [3.05, 3.63) is 108 Å². The van der Waals surface area contributed by atoms with Gasteiger partial charge in [0.25, 0.3) is 0 Å². The van der Waals surface area contributed by atoms with Crippen molar-refractivity contribution in [3.8, 4) is 0 Å². The number of carbonyl (C=O) groups excluding carboxylic acids is 3. The van der Waals surface area contributed by atoms with Gasteiger partial charge in [-0.05, 0) is 19.1 Å². The van der Waals surface area contributed by atoms with Crippen molar-refractivity contribution < 1.29 is 23.9 Å². The Morgan fingerprint density at radius 3 is 1.91 bits per heavy atom. The molecule has 1 aliphatic heterocycles. The lowest BCUT2D eigenvalue weighted by Gasteiger charge is -2.35. The summed E-state index contributed by atoms with van der Waals surface area (Å²) in [4.78, 5) is 39.7. The van der Waals surface area contributed by atoms with E-state index in [2.05, 4.69) is 0 Å². The Bertz CT molecular complexity index is 1140. The normalized spacial score (nSPS) is 22.6. The molecule has 4 atom stereocenters. The molecule has 5 heteroatoms. The van der Waals surface area contributed by atoms with Crippen LogP contribution in [0.15, 0.2) is 91.0 Å². The maximum atomic E-state index is 13.8. The second kappa shape index (κ2) is 10.1. The third-order valence-electron chi connectivity index (χ3n) is 6.89. The van der Waals surface area contributed by atoms with Gasteiger partial charge in [-0.1, -0.05) is 85.8 Å². The number of rotatable bonds is 8. The van der Waals surface area contributed by atoms with E-state index < -0.39 is 23.4 Å². The van der Waals surface area contributed by atoms with E-state index in [0.717, 1.165) is 0 Å². The molecule has 1 aliphatic rings. The molecule has 174 valence electrons. The van der Waals surface area contributed by atoms with E-state index in [0.29, 0.717) is 16.7 Å². The van der Waals surface area contributed by atoms with E-state index in [4.69, 9.17) is 9.47 Å². The fraction of sp³-hybridized carbons (Fsp3) is 0.276. The summed E-state index contributed by atoms with van der Waals surface area (Å²) in [7, 11) is 0. The fourth-order valence-electron chi connectivity index (χ4n) is 4.76. The van der Waals surface area contributed by atoms with Gasteiger partial charge in [0.1, 0.15) is 12.7 Å². The summed E-state index contributed by atoms with van der Waals surface area (Å²) >= 11 is 0. The maximum absolute atomic E-state index is 13.8. The zero-order valence-electron chi connectivity index (χ0n) is 19.3. The molecular formula is C29H28O5. The number of ketones is 2. The summed E-state index contributed by atoms with van der Waals surface area (Å²) in [5.74, 6) is -1.48. The van der Waals surface area contributed by atoms with Crippen LogP contribution in [0.1, 0.15) is 44.9 Å². The molecule has 4 rings (SSSR count). The zero-order valence-corrected chi connectivity index (χ0v) is 19.3. The van der Waals surface area contributed by atoms with Crippen molar-refractivity contribution in [2.45, 2.75) is 20.0 Å². The van der Waals surface area contributed by atoms with Gasteiger partial charge in [0.15, 0.2) is 11.6 Å². The molecule has 34 heavy (non-hydrogen) atoms. The Kier molecular flexibility index (Phi) is 7.03.